The molecule has 0 fully saturated rings. The molecule has 37 heavy (non-hydrogen) atoms. The predicted octanol–water partition coefficient (Wildman–Crippen LogP) is 6.49. The van der Waals surface area contributed by atoms with E-state index >= 15 is 0 Å². The summed E-state index contributed by atoms with van der Waals surface area (Å²) in [7, 11) is 0. The molecular formula is C29H30F3NO4. The summed E-state index contributed by atoms with van der Waals surface area (Å²) in [5.74, 6) is 1.09. The number of amides is 1. The van der Waals surface area contributed by atoms with E-state index in [2.05, 4.69) is 5.32 Å². The van der Waals surface area contributed by atoms with E-state index in [1.807, 2.05) is 43.3 Å². The quantitative estimate of drug-likeness (QED) is 0.332. The van der Waals surface area contributed by atoms with Crippen LogP contribution in [0.3, 0.4) is 0 Å². The monoisotopic (exact) mass is 513 g/mol. The number of hydrogen-bond donors (Lipinski definition) is 1. The first kappa shape index (κ1) is 26.4. The zero-order valence-corrected chi connectivity index (χ0v) is 20.9. The van der Waals surface area contributed by atoms with Gasteiger partial charge in [0.05, 0.1) is 5.56 Å². The first-order valence-corrected chi connectivity index (χ1v) is 12.3. The molecule has 1 amide bonds. The molecule has 0 aliphatic carbocycles. The fourth-order valence-corrected chi connectivity index (χ4v) is 4.31. The molecule has 1 aliphatic rings. The molecule has 1 N–H and O–H groups in total. The number of nitrogens with one attached hydrogen (secondary N) is 1. The summed E-state index contributed by atoms with van der Waals surface area (Å²) in [6.07, 6.45) is -2.46. The number of carbonyl (C=O) groups excluding carboxylic acids is 1. The maximum atomic E-state index is 13.7. The van der Waals surface area contributed by atoms with Crippen molar-refractivity contribution >= 4 is 5.91 Å². The van der Waals surface area contributed by atoms with Gasteiger partial charge in [0.2, 0.25) is 5.91 Å². The van der Waals surface area contributed by atoms with Crippen molar-refractivity contribution in [3.8, 4) is 28.4 Å². The molecule has 0 atom stereocenters. The van der Waals surface area contributed by atoms with Crippen LogP contribution in [-0.2, 0) is 24.0 Å². The van der Waals surface area contributed by atoms with E-state index in [1.165, 1.54) is 19.1 Å². The van der Waals surface area contributed by atoms with Gasteiger partial charge in [-0.15, -0.1) is 0 Å². The van der Waals surface area contributed by atoms with Crippen LogP contribution in [0.1, 0.15) is 42.0 Å². The van der Waals surface area contributed by atoms with Crippen LogP contribution in [0.2, 0.25) is 0 Å². The molecule has 0 radical (unpaired) electrons. The smallest absolute Gasteiger partial charge is 0.419 e. The topological polar surface area (TPSA) is 56.8 Å². The van der Waals surface area contributed by atoms with Gasteiger partial charge in [-0.2, -0.15) is 13.2 Å². The number of alkyl halides is 3. The van der Waals surface area contributed by atoms with Crippen LogP contribution in [0.5, 0.6) is 17.2 Å². The third kappa shape index (κ3) is 6.76. The Morgan fingerprint density at radius 1 is 1.00 bits per heavy atom. The molecule has 3 aromatic carbocycles. The molecule has 1 heterocycles. The first-order chi connectivity index (χ1) is 17.7. The number of fused-ring (bicyclic) bond motifs is 1. The Morgan fingerprint density at radius 2 is 1.78 bits per heavy atom. The number of rotatable bonds is 9. The van der Waals surface area contributed by atoms with Crippen molar-refractivity contribution in [2.24, 2.45) is 0 Å². The second-order valence-corrected chi connectivity index (χ2v) is 9.01. The number of halogens is 3. The van der Waals surface area contributed by atoms with E-state index in [4.69, 9.17) is 14.2 Å². The number of aryl methyl sites for hydroxylation is 1. The lowest BCUT2D eigenvalue weighted by atomic mass is 9.96. The Kier molecular flexibility index (Phi) is 8.26. The summed E-state index contributed by atoms with van der Waals surface area (Å²) < 4.78 is 58.2. The molecule has 0 spiro atoms. The fraction of sp³-hybridized carbons (Fsp3) is 0.345. The van der Waals surface area contributed by atoms with Crippen molar-refractivity contribution < 1.29 is 32.2 Å². The van der Waals surface area contributed by atoms with E-state index in [1.54, 1.807) is 0 Å². The minimum atomic E-state index is -4.53. The Hall–Kier alpha value is -3.68. The van der Waals surface area contributed by atoms with Gasteiger partial charge in [0, 0.05) is 13.5 Å². The predicted molar refractivity (Wildman–Crippen MR) is 135 cm³/mol. The van der Waals surface area contributed by atoms with Crippen LogP contribution in [0.15, 0.2) is 54.6 Å². The Morgan fingerprint density at radius 3 is 2.54 bits per heavy atom. The van der Waals surface area contributed by atoms with Gasteiger partial charge in [-0.25, -0.2) is 0 Å². The van der Waals surface area contributed by atoms with Gasteiger partial charge in [0.1, 0.15) is 25.6 Å². The van der Waals surface area contributed by atoms with E-state index in [0.717, 1.165) is 46.7 Å². The van der Waals surface area contributed by atoms with Gasteiger partial charge in [-0.3, -0.25) is 4.79 Å². The van der Waals surface area contributed by atoms with E-state index in [-0.39, 0.29) is 18.3 Å². The Bertz CT molecular complexity index is 1260. The van der Waals surface area contributed by atoms with Crippen LogP contribution in [0.4, 0.5) is 13.2 Å². The summed E-state index contributed by atoms with van der Waals surface area (Å²) in [5.41, 5.74) is 3.55. The number of ether oxygens (including phenoxy) is 3. The Labute approximate surface area is 214 Å². The van der Waals surface area contributed by atoms with Crippen molar-refractivity contribution in [1.82, 2.24) is 5.32 Å². The summed E-state index contributed by atoms with van der Waals surface area (Å²) in [6.45, 7) is 4.92. The van der Waals surface area contributed by atoms with Gasteiger partial charge in [-0.05, 0) is 78.3 Å². The summed E-state index contributed by atoms with van der Waals surface area (Å²) in [4.78, 5) is 11.0. The zero-order chi connectivity index (χ0) is 26.4. The Balaban J connectivity index is 1.50. The summed E-state index contributed by atoms with van der Waals surface area (Å²) in [6, 6.07) is 15.5. The van der Waals surface area contributed by atoms with Gasteiger partial charge in [0.15, 0.2) is 11.5 Å². The van der Waals surface area contributed by atoms with E-state index in [9.17, 15) is 18.0 Å². The highest BCUT2D eigenvalue weighted by atomic mass is 19.4. The van der Waals surface area contributed by atoms with Crippen LogP contribution >= 0.6 is 0 Å². The lowest BCUT2D eigenvalue weighted by Gasteiger charge is -2.20. The third-order valence-corrected chi connectivity index (χ3v) is 6.30. The van der Waals surface area contributed by atoms with Crippen LogP contribution < -0.4 is 19.5 Å². The third-order valence-electron chi connectivity index (χ3n) is 6.30. The van der Waals surface area contributed by atoms with Crippen molar-refractivity contribution in [2.75, 3.05) is 19.8 Å². The van der Waals surface area contributed by atoms with Crippen LogP contribution in [0.25, 0.3) is 11.1 Å². The minimum absolute atomic E-state index is 0.000704. The molecule has 1 aliphatic heterocycles. The fourth-order valence-electron chi connectivity index (χ4n) is 4.31. The van der Waals surface area contributed by atoms with Crippen molar-refractivity contribution in [3.63, 3.8) is 0 Å². The van der Waals surface area contributed by atoms with Gasteiger partial charge in [0.25, 0.3) is 0 Å². The molecule has 0 aromatic heterocycles. The minimum Gasteiger partial charge on any atom is -0.488 e. The average Bonchev–Trinajstić information content (AvgIpc) is 2.87. The molecule has 0 unspecified atom stereocenters. The molecule has 4 rings (SSSR count). The summed E-state index contributed by atoms with van der Waals surface area (Å²) in [5, 5.41) is 2.72. The maximum Gasteiger partial charge on any atom is 0.419 e. The molecule has 3 aromatic rings. The zero-order valence-electron chi connectivity index (χ0n) is 20.9. The maximum absolute atomic E-state index is 13.7. The number of unbranched alkanes of at least 4 members (excludes halogenated alkanes) is 1. The molecule has 0 saturated heterocycles. The number of carbonyl (C=O) groups is 1. The normalized spacial score (nSPS) is 12.8. The number of hydrogen-bond acceptors (Lipinski definition) is 4. The largest absolute Gasteiger partial charge is 0.488 e. The first-order valence-electron chi connectivity index (χ1n) is 12.3. The van der Waals surface area contributed by atoms with Crippen molar-refractivity contribution in [2.45, 2.75) is 45.9 Å². The lowest BCUT2D eigenvalue weighted by molar-refractivity contribution is -0.139. The molecule has 0 saturated carbocycles. The average molecular weight is 514 g/mol. The van der Waals surface area contributed by atoms with Crippen LogP contribution in [0, 0.1) is 6.92 Å². The lowest BCUT2D eigenvalue weighted by Crippen LogP contribution is -2.20. The second kappa shape index (κ2) is 11.6. The van der Waals surface area contributed by atoms with Crippen molar-refractivity contribution in [3.05, 3.63) is 76.9 Å². The molecule has 8 heteroatoms. The van der Waals surface area contributed by atoms with Gasteiger partial charge in [-0.1, -0.05) is 30.3 Å². The standard InChI is InChI=1S/C29H30F3NO4/c1-19-23(7-5-8-24(19)22-10-12-26-28(17-22)36-15-14-35-26)18-37-27-16-21(6-3-4-13-33-20(2)34)9-11-25(27)29(30,31)32/h5,7-12,16-17H,3-4,6,13-15,18H2,1-2H3,(H,33,34). The SMILES string of the molecule is CC(=O)NCCCCc1ccc(C(F)(F)F)c(OCc2cccc(-c3ccc4c(c3)OCCO4)c2C)c1. The second-order valence-electron chi connectivity index (χ2n) is 9.01. The molecule has 196 valence electrons. The highest BCUT2D eigenvalue weighted by Gasteiger charge is 2.34. The van der Waals surface area contributed by atoms with E-state index in [0.29, 0.717) is 37.7 Å². The van der Waals surface area contributed by atoms with E-state index < -0.39 is 11.7 Å². The highest BCUT2D eigenvalue weighted by Crippen LogP contribution is 2.39. The van der Waals surface area contributed by atoms with Gasteiger partial charge < -0.3 is 19.5 Å². The highest BCUT2D eigenvalue weighted by molar-refractivity contribution is 5.72. The van der Waals surface area contributed by atoms with Gasteiger partial charge >= 0.3 is 6.18 Å². The number of benzene rings is 3. The summed E-state index contributed by atoms with van der Waals surface area (Å²) >= 11 is 0. The van der Waals surface area contributed by atoms with Crippen molar-refractivity contribution in [1.29, 1.82) is 0 Å². The molecular weight excluding hydrogens is 483 g/mol. The van der Waals surface area contributed by atoms with Crippen LogP contribution in [-0.4, -0.2) is 25.7 Å². The molecule has 0 bridgehead atoms. The molecule has 5 nitrogen and oxygen atoms in total.